The fraction of sp³-hybridized carbons (Fsp3) is 0.581. The first-order chi connectivity index (χ1) is 17.0. The van der Waals surface area contributed by atoms with Crippen LogP contribution in [0.1, 0.15) is 68.3 Å². The molecule has 35 heavy (non-hydrogen) atoms. The molecule has 0 spiro atoms. The van der Waals surface area contributed by atoms with Gasteiger partial charge < -0.3 is 14.5 Å². The summed E-state index contributed by atoms with van der Waals surface area (Å²) in [6, 6.07) is 19.0. The Balaban J connectivity index is 1.46. The summed E-state index contributed by atoms with van der Waals surface area (Å²) < 4.78 is 5.65. The maximum atomic E-state index is 13.8. The monoisotopic (exact) mass is 474 g/mol. The van der Waals surface area contributed by atoms with Crippen LogP contribution in [0, 0.1) is 17.8 Å². The Morgan fingerprint density at radius 1 is 1.09 bits per heavy atom. The highest BCUT2D eigenvalue weighted by Crippen LogP contribution is 2.51. The first-order valence-corrected chi connectivity index (χ1v) is 13.7. The Hall–Kier alpha value is -2.33. The lowest BCUT2D eigenvalue weighted by atomic mass is 9.57. The Labute approximate surface area is 211 Å². The number of nitrogens with zero attached hydrogens (tertiary/aromatic N) is 2. The number of amides is 1. The minimum Gasteiger partial charge on any atom is -0.497 e. The summed E-state index contributed by atoms with van der Waals surface area (Å²) in [5, 5.41) is 0. The molecule has 188 valence electrons. The van der Waals surface area contributed by atoms with E-state index in [0.717, 1.165) is 43.2 Å². The first-order valence-electron chi connectivity index (χ1n) is 13.7. The highest BCUT2D eigenvalue weighted by molar-refractivity contribution is 5.94. The largest absolute Gasteiger partial charge is 0.497 e. The molecule has 2 aliphatic carbocycles. The van der Waals surface area contributed by atoms with Crippen molar-refractivity contribution in [3.63, 3.8) is 0 Å². The van der Waals surface area contributed by atoms with Gasteiger partial charge in [0, 0.05) is 36.7 Å². The highest BCUT2D eigenvalue weighted by Gasteiger charge is 2.50. The van der Waals surface area contributed by atoms with Crippen molar-refractivity contribution in [1.82, 2.24) is 9.80 Å². The van der Waals surface area contributed by atoms with E-state index in [-0.39, 0.29) is 17.4 Å². The van der Waals surface area contributed by atoms with Gasteiger partial charge in [-0.3, -0.25) is 4.79 Å². The van der Waals surface area contributed by atoms with E-state index in [1.54, 1.807) is 7.11 Å². The molecule has 1 aliphatic heterocycles. The van der Waals surface area contributed by atoms with Gasteiger partial charge in [0.2, 0.25) is 0 Å². The Morgan fingerprint density at radius 2 is 1.89 bits per heavy atom. The smallest absolute Gasteiger partial charge is 0.254 e. The summed E-state index contributed by atoms with van der Waals surface area (Å²) in [5.41, 5.74) is 2.32. The summed E-state index contributed by atoms with van der Waals surface area (Å²) in [6.45, 7) is 8.90. The van der Waals surface area contributed by atoms with Gasteiger partial charge in [0.25, 0.3) is 5.91 Å². The second-order valence-corrected chi connectivity index (χ2v) is 11.7. The molecule has 0 radical (unpaired) electrons. The van der Waals surface area contributed by atoms with Crippen molar-refractivity contribution in [1.29, 1.82) is 0 Å². The van der Waals surface area contributed by atoms with E-state index in [1.807, 2.05) is 30.3 Å². The number of likely N-dealkylation sites (tertiary alicyclic amines) is 1. The Kier molecular flexibility index (Phi) is 7.20. The Bertz CT molecular complexity index is 1000. The van der Waals surface area contributed by atoms with E-state index in [0.29, 0.717) is 11.8 Å². The normalized spacial score (nSPS) is 26.9. The van der Waals surface area contributed by atoms with Gasteiger partial charge in [0.15, 0.2) is 0 Å². The minimum atomic E-state index is 0.101. The van der Waals surface area contributed by atoms with Gasteiger partial charge in [-0.1, -0.05) is 44.2 Å². The summed E-state index contributed by atoms with van der Waals surface area (Å²) in [5.74, 6) is 3.13. The summed E-state index contributed by atoms with van der Waals surface area (Å²) in [6.07, 6.45) is 7.32. The van der Waals surface area contributed by atoms with Gasteiger partial charge in [-0.05, 0) is 92.7 Å². The molecule has 3 aliphatic rings. The molecule has 2 aromatic carbocycles. The molecule has 3 atom stereocenters. The summed E-state index contributed by atoms with van der Waals surface area (Å²) >= 11 is 0. The van der Waals surface area contributed by atoms with Gasteiger partial charge in [-0.25, -0.2) is 0 Å². The van der Waals surface area contributed by atoms with Crippen LogP contribution < -0.4 is 4.74 Å². The number of benzene rings is 2. The Morgan fingerprint density at radius 3 is 2.60 bits per heavy atom. The van der Waals surface area contributed by atoms with Crippen molar-refractivity contribution in [3.8, 4) is 5.75 Å². The lowest BCUT2D eigenvalue weighted by Gasteiger charge is -2.55. The maximum Gasteiger partial charge on any atom is 0.254 e. The lowest BCUT2D eigenvalue weighted by Crippen LogP contribution is -2.57. The van der Waals surface area contributed by atoms with Crippen molar-refractivity contribution >= 4 is 5.91 Å². The van der Waals surface area contributed by atoms with Gasteiger partial charge in [0.05, 0.1) is 7.11 Å². The zero-order valence-electron chi connectivity index (χ0n) is 21.8. The van der Waals surface area contributed by atoms with E-state index in [4.69, 9.17) is 4.74 Å². The molecule has 0 bridgehead atoms. The topological polar surface area (TPSA) is 32.8 Å². The van der Waals surface area contributed by atoms with Crippen LogP contribution in [0.25, 0.3) is 0 Å². The van der Waals surface area contributed by atoms with Crippen LogP contribution >= 0.6 is 0 Å². The lowest BCUT2D eigenvalue weighted by molar-refractivity contribution is 0.00989. The molecule has 2 aromatic rings. The van der Waals surface area contributed by atoms with Crippen LogP contribution in [0.5, 0.6) is 5.75 Å². The highest BCUT2D eigenvalue weighted by atomic mass is 16.5. The average molecular weight is 475 g/mol. The SMILES string of the molecule is COc1cccc([C@@]23CCN(CC4CC4)C[C@H]2CC[C@@H](N(CC(C)C)C(=O)c2ccccc2)C3)c1. The second kappa shape index (κ2) is 10.3. The van der Waals surface area contributed by atoms with Crippen LogP contribution in [0.15, 0.2) is 54.6 Å². The molecule has 0 unspecified atom stereocenters. The van der Waals surface area contributed by atoms with Gasteiger partial charge in [-0.15, -0.1) is 0 Å². The van der Waals surface area contributed by atoms with E-state index in [1.165, 1.54) is 44.3 Å². The predicted octanol–water partition coefficient (Wildman–Crippen LogP) is 6.02. The van der Waals surface area contributed by atoms with Crippen LogP contribution in [0.4, 0.5) is 0 Å². The molecule has 0 aromatic heterocycles. The predicted molar refractivity (Wildman–Crippen MR) is 142 cm³/mol. The molecular weight excluding hydrogens is 432 g/mol. The fourth-order valence-electron chi connectivity index (χ4n) is 6.76. The average Bonchev–Trinajstić information content (AvgIpc) is 3.71. The van der Waals surface area contributed by atoms with Crippen LogP contribution in [0.2, 0.25) is 0 Å². The molecule has 1 heterocycles. The number of ether oxygens (including phenoxy) is 1. The molecule has 2 saturated carbocycles. The van der Waals surface area contributed by atoms with Crippen molar-refractivity contribution in [3.05, 3.63) is 65.7 Å². The molecule has 4 heteroatoms. The number of hydrogen-bond donors (Lipinski definition) is 0. The quantitative estimate of drug-likeness (QED) is 0.469. The van der Waals surface area contributed by atoms with Crippen molar-refractivity contribution in [2.24, 2.45) is 17.8 Å². The number of carbonyl (C=O) groups excluding carboxylic acids is 1. The number of rotatable bonds is 8. The summed E-state index contributed by atoms with van der Waals surface area (Å²) in [7, 11) is 1.76. The molecule has 1 amide bonds. The molecule has 4 nitrogen and oxygen atoms in total. The van der Waals surface area contributed by atoms with E-state index in [2.05, 4.69) is 47.9 Å². The van der Waals surface area contributed by atoms with Crippen molar-refractivity contribution in [2.75, 3.05) is 33.3 Å². The van der Waals surface area contributed by atoms with Crippen LogP contribution in [-0.2, 0) is 5.41 Å². The number of hydrogen-bond acceptors (Lipinski definition) is 3. The molecule has 5 rings (SSSR count). The number of piperidine rings is 1. The van der Waals surface area contributed by atoms with E-state index < -0.39 is 0 Å². The first kappa shape index (κ1) is 24.4. The van der Waals surface area contributed by atoms with Gasteiger partial charge in [-0.2, -0.15) is 0 Å². The third kappa shape index (κ3) is 5.28. The second-order valence-electron chi connectivity index (χ2n) is 11.7. The number of carbonyl (C=O) groups is 1. The zero-order valence-corrected chi connectivity index (χ0v) is 21.8. The van der Waals surface area contributed by atoms with Crippen LogP contribution in [-0.4, -0.2) is 55.0 Å². The molecule has 1 saturated heterocycles. The number of fused-ring (bicyclic) bond motifs is 1. The standard InChI is InChI=1S/C31H42N2O2/c1-23(2)20-33(30(34)25-8-5-4-6-9-25)28-15-14-27-22-32(21-24-12-13-24)17-16-31(27,19-28)26-10-7-11-29(18-26)35-3/h4-11,18,23-24,27-28H,12-17,19-22H2,1-3H3/t27-,28-,31+/m1/s1. The minimum absolute atomic E-state index is 0.101. The maximum absolute atomic E-state index is 13.8. The van der Waals surface area contributed by atoms with E-state index >= 15 is 0 Å². The van der Waals surface area contributed by atoms with Gasteiger partial charge in [0.1, 0.15) is 5.75 Å². The third-order valence-corrected chi connectivity index (χ3v) is 8.72. The number of methoxy groups -OCH3 is 1. The van der Waals surface area contributed by atoms with Crippen molar-refractivity contribution in [2.45, 2.75) is 63.8 Å². The van der Waals surface area contributed by atoms with Crippen molar-refractivity contribution < 1.29 is 9.53 Å². The third-order valence-electron chi connectivity index (χ3n) is 8.72. The summed E-state index contributed by atoms with van der Waals surface area (Å²) in [4.78, 5) is 18.7. The molecule has 3 fully saturated rings. The van der Waals surface area contributed by atoms with Crippen LogP contribution in [0.3, 0.4) is 0 Å². The molecule has 0 N–H and O–H groups in total. The molecular formula is C31H42N2O2. The fourth-order valence-corrected chi connectivity index (χ4v) is 6.76. The van der Waals surface area contributed by atoms with Gasteiger partial charge >= 0.3 is 0 Å². The van der Waals surface area contributed by atoms with E-state index in [9.17, 15) is 4.79 Å². The zero-order chi connectivity index (χ0) is 24.4.